The van der Waals surface area contributed by atoms with Crippen LogP contribution in [0.2, 0.25) is 0 Å². The highest BCUT2D eigenvalue weighted by Crippen LogP contribution is 2.17. The van der Waals surface area contributed by atoms with E-state index in [9.17, 15) is 22.6 Å². The molecule has 0 amide bonds. The van der Waals surface area contributed by atoms with Gasteiger partial charge in [0.15, 0.2) is 10.1 Å². The van der Waals surface area contributed by atoms with Crippen molar-refractivity contribution in [1.82, 2.24) is 0 Å². The molecular formula is C20H39NO6S. The zero-order valence-electron chi connectivity index (χ0n) is 17.6. The highest BCUT2D eigenvalue weighted by atomic mass is 32.2. The van der Waals surface area contributed by atoms with Gasteiger partial charge in [-0.15, -0.1) is 0 Å². The SMILES string of the molecule is C[N+](C)(CCCCCCCCCCCCCCCC=O)C(C(=O)O)S(=O)(=O)[O-]. The lowest BCUT2D eigenvalue weighted by atomic mass is 10.0. The van der Waals surface area contributed by atoms with Crippen molar-refractivity contribution < 1.29 is 32.1 Å². The Hall–Kier alpha value is -0.990. The second kappa shape index (κ2) is 14.9. The maximum absolute atomic E-state index is 11.2. The van der Waals surface area contributed by atoms with Crippen LogP contribution < -0.4 is 0 Å². The number of carbonyl (C=O) groups excluding carboxylic acids is 1. The molecule has 0 aliphatic heterocycles. The van der Waals surface area contributed by atoms with Crippen LogP contribution in [-0.4, -0.2) is 60.8 Å². The quantitative estimate of drug-likeness (QED) is 0.147. The smallest absolute Gasteiger partial charge is 0.377 e. The molecule has 28 heavy (non-hydrogen) atoms. The van der Waals surface area contributed by atoms with E-state index in [1.165, 1.54) is 59.0 Å². The van der Waals surface area contributed by atoms with Crippen LogP contribution in [-0.2, 0) is 19.7 Å². The summed E-state index contributed by atoms with van der Waals surface area (Å²) in [4.78, 5) is 21.3. The molecule has 0 fully saturated rings. The van der Waals surface area contributed by atoms with E-state index in [4.69, 9.17) is 5.11 Å². The summed E-state index contributed by atoms with van der Waals surface area (Å²) in [6.07, 6.45) is 16.3. The van der Waals surface area contributed by atoms with Gasteiger partial charge in [-0.1, -0.05) is 64.2 Å². The second-order valence-corrected chi connectivity index (χ2v) is 9.67. The van der Waals surface area contributed by atoms with E-state index in [0.717, 1.165) is 38.4 Å². The van der Waals surface area contributed by atoms with Crippen molar-refractivity contribution in [3.63, 3.8) is 0 Å². The highest BCUT2D eigenvalue weighted by Gasteiger charge is 2.40. The van der Waals surface area contributed by atoms with Gasteiger partial charge in [0.05, 0.1) is 20.6 Å². The van der Waals surface area contributed by atoms with Gasteiger partial charge in [-0.2, -0.15) is 0 Å². The lowest BCUT2D eigenvalue weighted by molar-refractivity contribution is -0.894. The van der Waals surface area contributed by atoms with E-state index in [1.54, 1.807) is 0 Å². The van der Waals surface area contributed by atoms with Gasteiger partial charge in [0.1, 0.15) is 6.29 Å². The molecule has 0 aromatic heterocycles. The first kappa shape index (κ1) is 27.0. The number of aliphatic carboxylic acids is 1. The summed E-state index contributed by atoms with van der Waals surface area (Å²) in [6.45, 7) is 0.352. The van der Waals surface area contributed by atoms with Gasteiger partial charge in [0.2, 0.25) is 0 Å². The predicted octanol–water partition coefficient (Wildman–Crippen LogP) is 3.68. The molecule has 7 nitrogen and oxygen atoms in total. The molecule has 0 aliphatic rings. The molecular weight excluding hydrogens is 382 g/mol. The third-order valence-corrected chi connectivity index (χ3v) is 6.50. The molecule has 0 aromatic carbocycles. The monoisotopic (exact) mass is 421 g/mol. The minimum atomic E-state index is -4.88. The molecule has 8 heteroatoms. The summed E-state index contributed by atoms with van der Waals surface area (Å²) in [7, 11) is -1.92. The van der Waals surface area contributed by atoms with Crippen molar-refractivity contribution in [2.24, 2.45) is 0 Å². The minimum Gasteiger partial charge on any atom is -0.743 e. The Kier molecular flexibility index (Phi) is 14.4. The van der Waals surface area contributed by atoms with E-state index >= 15 is 0 Å². The normalized spacial score (nSPS) is 13.4. The number of carboxylic acid groups (broad SMARTS) is 1. The molecule has 0 spiro atoms. The van der Waals surface area contributed by atoms with Gasteiger partial charge in [0, 0.05) is 6.42 Å². The van der Waals surface area contributed by atoms with Gasteiger partial charge in [-0.05, 0) is 19.3 Å². The molecule has 0 saturated heterocycles. The van der Waals surface area contributed by atoms with Crippen molar-refractivity contribution in [2.45, 2.75) is 95.3 Å². The molecule has 0 bridgehead atoms. The summed E-state index contributed by atoms with van der Waals surface area (Å²) in [6, 6.07) is 0. The average molecular weight is 422 g/mol. The summed E-state index contributed by atoms with van der Waals surface area (Å²) >= 11 is 0. The van der Waals surface area contributed by atoms with Crippen molar-refractivity contribution in [3.8, 4) is 0 Å². The van der Waals surface area contributed by atoms with E-state index in [1.807, 2.05) is 0 Å². The van der Waals surface area contributed by atoms with Crippen LogP contribution >= 0.6 is 0 Å². The molecule has 1 atom stereocenters. The fourth-order valence-electron chi connectivity index (χ4n) is 3.58. The Labute approximate surface area is 170 Å². The third kappa shape index (κ3) is 13.2. The first-order chi connectivity index (χ1) is 13.1. The van der Waals surface area contributed by atoms with Crippen molar-refractivity contribution in [3.05, 3.63) is 0 Å². The van der Waals surface area contributed by atoms with Crippen LogP contribution in [0.5, 0.6) is 0 Å². The fourth-order valence-corrected chi connectivity index (χ4v) is 4.63. The van der Waals surface area contributed by atoms with E-state index in [2.05, 4.69) is 0 Å². The van der Waals surface area contributed by atoms with Gasteiger partial charge in [-0.3, -0.25) is 0 Å². The molecule has 0 radical (unpaired) electrons. The van der Waals surface area contributed by atoms with E-state index < -0.39 is 21.5 Å². The maximum atomic E-state index is 11.2. The maximum Gasteiger partial charge on any atom is 0.377 e. The Morgan fingerprint density at radius 3 is 1.54 bits per heavy atom. The standard InChI is InChI=1S/C20H39NO6S/c1-21(2,19(20(23)24)28(25,26)27)17-15-13-11-9-7-5-3-4-6-8-10-12-14-16-18-22/h18-19H,3-17H2,1-2H3,(H-,23,24,25,26,27). The molecule has 0 aliphatic carbocycles. The number of hydrogen-bond acceptors (Lipinski definition) is 5. The van der Waals surface area contributed by atoms with Crippen molar-refractivity contribution >= 4 is 22.4 Å². The number of quaternary nitrogens is 1. The first-order valence-electron chi connectivity index (χ1n) is 10.6. The summed E-state index contributed by atoms with van der Waals surface area (Å²) in [5.74, 6) is -1.58. The lowest BCUT2D eigenvalue weighted by Crippen LogP contribution is -2.57. The number of rotatable bonds is 19. The first-order valence-corrected chi connectivity index (χ1v) is 12.0. The zero-order chi connectivity index (χ0) is 21.5. The molecule has 0 saturated carbocycles. The average Bonchev–Trinajstić information content (AvgIpc) is 2.56. The molecule has 0 heterocycles. The third-order valence-electron chi connectivity index (χ3n) is 5.18. The van der Waals surface area contributed by atoms with E-state index in [-0.39, 0.29) is 4.48 Å². The fraction of sp³-hybridized carbons (Fsp3) is 0.900. The van der Waals surface area contributed by atoms with Crippen LogP contribution in [0.3, 0.4) is 0 Å². The molecule has 1 N–H and O–H groups in total. The Balaban J connectivity index is 3.66. The number of hydrogen-bond donors (Lipinski definition) is 1. The van der Waals surface area contributed by atoms with Crippen LogP contribution in [0.15, 0.2) is 0 Å². The predicted molar refractivity (Wildman–Crippen MR) is 109 cm³/mol. The summed E-state index contributed by atoms with van der Waals surface area (Å²) < 4.78 is 33.3. The van der Waals surface area contributed by atoms with Crippen molar-refractivity contribution in [1.29, 1.82) is 0 Å². The molecule has 0 rings (SSSR count). The largest absolute Gasteiger partial charge is 0.743 e. The van der Waals surface area contributed by atoms with Gasteiger partial charge >= 0.3 is 5.97 Å². The zero-order valence-corrected chi connectivity index (χ0v) is 18.4. The van der Waals surface area contributed by atoms with Gasteiger partial charge in [0.25, 0.3) is 5.37 Å². The highest BCUT2D eigenvalue weighted by molar-refractivity contribution is 7.86. The minimum absolute atomic E-state index is 0.337. The van der Waals surface area contributed by atoms with Crippen LogP contribution in [0.1, 0.15) is 89.9 Å². The van der Waals surface area contributed by atoms with Crippen LogP contribution in [0, 0.1) is 0 Å². The topological polar surface area (TPSA) is 112 Å². The van der Waals surface area contributed by atoms with Crippen LogP contribution in [0.4, 0.5) is 0 Å². The number of carboxylic acids is 1. The number of nitrogens with zero attached hydrogens (tertiary/aromatic N) is 1. The second-order valence-electron chi connectivity index (χ2n) is 8.24. The lowest BCUT2D eigenvalue weighted by Gasteiger charge is -2.36. The number of carbonyl (C=O) groups is 2. The molecule has 1 unspecified atom stereocenters. The van der Waals surface area contributed by atoms with Gasteiger partial charge in [-0.25, -0.2) is 13.2 Å². The van der Waals surface area contributed by atoms with E-state index in [0.29, 0.717) is 19.4 Å². The number of aldehydes is 1. The number of likely N-dealkylation sites (N-methyl/N-ethyl adjacent to an activating group) is 1. The Morgan fingerprint density at radius 1 is 0.857 bits per heavy atom. The van der Waals surface area contributed by atoms with Gasteiger partial charge < -0.3 is 18.9 Å². The Morgan fingerprint density at radius 2 is 1.21 bits per heavy atom. The van der Waals surface area contributed by atoms with Crippen LogP contribution in [0.25, 0.3) is 0 Å². The summed E-state index contributed by atoms with van der Waals surface area (Å²) in [5.41, 5.74) is 0. The molecule has 0 aromatic rings. The molecule has 166 valence electrons. The summed E-state index contributed by atoms with van der Waals surface area (Å²) in [5, 5.41) is 7.12. The Bertz CT molecular complexity index is 533. The van der Waals surface area contributed by atoms with Crippen molar-refractivity contribution in [2.75, 3.05) is 20.6 Å². The number of unbranched alkanes of at least 4 members (excludes halogenated alkanes) is 13.